The molecule has 172 valence electrons. The molecule has 2 amide bonds. The lowest BCUT2D eigenvalue weighted by molar-refractivity contribution is 0.102. The van der Waals surface area contributed by atoms with Crippen LogP contribution in [0.5, 0.6) is 5.75 Å². The van der Waals surface area contributed by atoms with Crippen molar-refractivity contribution >= 4 is 23.2 Å². The molecular weight excluding hydrogens is 438 g/mol. The zero-order valence-electron chi connectivity index (χ0n) is 19.1. The topological polar surface area (TPSA) is 91.2 Å². The normalized spacial score (nSPS) is 10.2. The first kappa shape index (κ1) is 23.3. The molecule has 0 unspecified atom stereocenters. The zero-order chi connectivity index (χ0) is 24.6. The first-order valence-electron chi connectivity index (χ1n) is 11.1. The van der Waals surface area contributed by atoms with Gasteiger partial charge in [0.2, 0.25) is 0 Å². The number of anilines is 2. The van der Waals surface area contributed by atoms with Gasteiger partial charge in [-0.05, 0) is 73.2 Å². The van der Waals surface area contributed by atoms with E-state index in [0.717, 1.165) is 5.75 Å². The van der Waals surface area contributed by atoms with Gasteiger partial charge in [0.15, 0.2) is 0 Å². The molecule has 2 N–H and O–H groups in total. The molecule has 0 bridgehead atoms. The molecule has 0 atom stereocenters. The molecule has 0 aliphatic carbocycles. The van der Waals surface area contributed by atoms with E-state index in [1.165, 1.54) is 0 Å². The first-order valence-corrected chi connectivity index (χ1v) is 11.1. The van der Waals surface area contributed by atoms with Crippen LogP contribution in [0.1, 0.15) is 33.2 Å². The van der Waals surface area contributed by atoms with Crippen molar-refractivity contribution in [3.05, 3.63) is 114 Å². The van der Waals surface area contributed by atoms with Gasteiger partial charge in [-0.2, -0.15) is 5.26 Å². The summed E-state index contributed by atoms with van der Waals surface area (Å²) in [6, 6.07) is 30.3. The Hall–Kier alpha value is -4.89. The van der Waals surface area contributed by atoms with Gasteiger partial charge in [-0.3, -0.25) is 9.59 Å². The molecule has 0 spiro atoms. The molecule has 6 nitrogen and oxygen atoms in total. The Balaban J connectivity index is 1.46. The van der Waals surface area contributed by atoms with Crippen molar-refractivity contribution in [2.24, 2.45) is 0 Å². The maximum absolute atomic E-state index is 13.1. The van der Waals surface area contributed by atoms with Crippen LogP contribution in [0, 0.1) is 11.3 Å². The Morgan fingerprint density at radius 1 is 0.743 bits per heavy atom. The molecule has 4 aromatic carbocycles. The number of ether oxygens (including phenoxy) is 1. The van der Waals surface area contributed by atoms with Crippen molar-refractivity contribution in [1.82, 2.24) is 0 Å². The Bertz CT molecular complexity index is 1390. The summed E-state index contributed by atoms with van der Waals surface area (Å²) >= 11 is 0. The van der Waals surface area contributed by atoms with Gasteiger partial charge in [0.25, 0.3) is 11.8 Å². The van der Waals surface area contributed by atoms with Crippen LogP contribution in [-0.4, -0.2) is 18.4 Å². The van der Waals surface area contributed by atoms with Crippen LogP contribution in [0.4, 0.5) is 11.4 Å². The number of benzene rings is 4. The van der Waals surface area contributed by atoms with Crippen molar-refractivity contribution in [2.45, 2.75) is 6.92 Å². The van der Waals surface area contributed by atoms with Gasteiger partial charge in [0.1, 0.15) is 5.75 Å². The minimum atomic E-state index is -0.306. The summed E-state index contributed by atoms with van der Waals surface area (Å²) in [5, 5.41) is 15.2. The Morgan fingerprint density at radius 2 is 1.31 bits per heavy atom. The second kappa shape index (κ2) is 10.8. The number of hydrogen-bond acceptors (Lipinski definition) is 4. The van der Waals surface area contributed by atoms with E-state index in [1.54, 1.807) is 72.8 Å². The fourth-order valence-corrected chi connectivity index (χ4v) is 3.64. The zero-order valence-corrected chi connectivity index (χ0v) is 19.1. The molecule has 35 heavy (non-hydrogen) atoms. The van der Waals surface area contributed by atoms with Gasteiger partial charge < -0.3 is 15.4 Å². The summed E-state index contributed by atoms with van der Waals surface area (Å²) < 4.78 is 5.41. The number of rotatable bonds is 7. The summed E-state index contributed by atoms with van der Waals surface area (Å²) in [6.07, 6.45) is 0. The minimum Gasteiger partial charge on any atom is -0.494 e. The van der Waals surface area contributed by atoms with Gasteiger partial charge in [0, 0.05) is 28.1 Å². The van der Waals surface area contributed by atoms with Crippen molar-refractivity contribution in [3.63, 3.8) is 0 Å². The van der Waals surface area contributed by atoms with Gasteiger partial charge in [-0.15, -0.1) is 0 Å². The summed E-state index contributed by atoms with van der Waals surface area (Å²) in [7, 11) is 0. The van der Waals surface area contributed by atoms with Crippen LogP contribution >= 0.6 is 0 Å². The van der Waals surface area contributed by atoms with Crippen LogP contribution in [-0.2, 0) is 0 Å². The van der Waals surface area contributed by atoms with Crippen molar-refractivity contribution in [2.75, 3.05) is 17.2 Å². The van der Waals surface area contributed by atoms with E-state index in [1.807, 2.05) is 31.2 Å². The molecule has 4 aromatic rings. The summed E-state index contributed by atoms with van der Waals surface area (Å²) in [4.78, 5) is 25.6. The molecule has 0 saturated heterocycles. The van der Waals surface area contributed by atoms with Gasteiger partial charge in [-0.25, -0.2) is 0 Å². The summed E-state index contributed by atoms with van der Waals surface area (Å²) in [5.41, 5.74) is 3.99. The molecule has 4 rings (SSSR count). The fraction of sp³-hybridized carbons (Fsp3) is 0.0690. The SMILES string of the molecule is CCOc1ccc(NC(=O)c2ccc(NC(=O)c3ccccc3-c3ccccc3C#N)cc2)cc1. The third-order valence-corrected chi connectivity index (χ3v) is 5.34. The molecule has 6 heteroatoms. The number of carbonyl (C=O) groups is 2. The predicted octanol–water partition coefficient (Wildman–Crippen LogP) is 6.13. The van der Waals surface area contributed by atoms with E-state index >= 15 is 0 Å². The minimum absolute atomic E-state index is 0.259. The lowest BCUT2D eigenvalue weighted by Crippen LogP contribution is -2.14. The highest BCUT2D eigenvalue weighted by atomic mass is 16.5. The fourth-order valence-electron chi connectivity index (χ4n) is 3.64. The third-order valence-electron chi connectivity index (χ3n) is 5.34. The highest BCUT2D eigenvalue weighted by Gasteiger charge is 2.15. The summed E-state index contributed by atoms with van der Waals surface area (Å²) in [5.74, 6) is 0.175. The van der Waals surface area contributed by atoms with Gasteiger partial charge in [-0.1, -0.05) is 36.4 Å². The molecule has 0 saturated carbocycles. The second-order valence-electron chi connectivity index (χ2n) is 7.65. The highest BCUT2D eigenvalue weighted by molar-refractivity contribution is 6.09. The Labute approximate surface area is 203 Å². The van der Waals surface area contributed by atoms with Crippen LogP contribution in [0.3, 0.4) is 0 Å². The van der Waals surface area contributed by atoms with E-state index in [0.29, 0.717) is 45.8 Å². The average molecular weight is 462 g/mol. The predicted molar refractivity (Wildman–Crippen MR) is 137 cm³/mol. The maximum Gasteiger partial charge on any atom is 0.256 e. The van der Waals surface area contributed by atoms with Gasteiger partial charge in [0.05, 0.1) is 18.2 Å². The molecule has 0 radical (unpaired) electrons. The largest absolute Gasteiger partial charge is 0.494 e. The van der Waals surface area contributed by atoms with Crippen molar-refractivity contribution in [1.29, 1.82) is 5.26 Å². The molecule has 0 aromatic heterocycles. The molecule has 0 aliphatic rings. The monoisotopic (exact) mass is 461 g/mol. The number of nitriles is 1. The van der Waals surface area contributed by atoms with E-state index in [2.05, 4.69) is 16.7 Å². The quantitative estimate of drug-likeness (QED) is 0.346. The van der Waals surface area contributed by atoms with Crippen molar-refractivity contribution < 1.29 is 14.3 Å². The van der Waals surface area contributed by atoms with Crippen LogP contribution in [0.15, 0.2) is 97.1 Å². The van der Waals surface area contributed by atoms with E-state index in [9.17, 15) is 14.9 Å². The lowest BCUT2D eigenvalue weighted by atomic mass is 9.95. The molecule has 0 heterocycles. The number of nitrogens with zero attached hydrogens (tertiary/aromatic N) is 1. The van der Waals surface area contributed by atoms with E-state index in [4.69, 9.17) is 4.74 Å². The second-order valence-corrected chi connectivity index (χ2v) is 7.65. The summed E-state index contributed by atoms with van der Waals surface area (Å²) in [6.45, 7) is 2.49. The smallest absolute Gasteiger partial charge is 0.256 e. The number of carbonyl (C=O) groups excluding carboxylic acids is 2. The highest BCUT2D eigenvalue weighted by Crippen LogP contribution is 2.27. The Kier molecular flexibility index (Phi) is 7.19. The third kappa shape index (κ3) is 5.55. The average Bonchev–Trinajstić information content (AvgIpc) is 2.90. The maximum atomic E-state index is 13.1. The molecule has 0 fully saturated rings. The van der Waals surface area contributed by atoms with E-state index in [-0.39, 0.29) is 11.8 Å². The molecule has 0 aliphatic heterocycles. The lowest BCUT2D eigenvalue weighted by Gasteiger charge is -2.12. The number of hydrogen-bond donors (Lipinski definition) is 2. The van der Waals surface area contributed by atoms with Crippen LogP contribution in [0.25, 0.3) is 11.1 Å². The van der Waals surface area contributed by atoms with E-state index < -0.39 is 0 Å². The number of amides is 2. The first-order chi connectivity index (χ1) is 17.1. The van der Waals surface area contributed by atoms with Crippen LogP contribution < -0.4 is 15.4 Å². The van der Waals surface area contributed by atoms with Crippen LogP contribution in [0.2, 0.25) is 0 Å². The van der Waals surface area contributed by atoms with Crippen molar-refractivity contribution in [3.8, 4) is 22.9 Å². The van der Waals surface area contributed by atoms with Gasteiger partial charge >= 0.3 is 0 Å². The Morgan fingerprint density at radius 3 is 1.97 bits per heavy atom. The molecular formula is C29H23N3O3. The number of nitrogens with one attached hydrogen (secondary N) is 2. The standard InChI is InChI=1S/C29H23N3O3/c1-2-35-24-17-15-23(16-18-24)31-28(33)20-11-13-22(14-12-20)32-29(34)27-10-6-5-9-26(27)25-8-4-3-7-21(25)19-30/h3-18H,2H2,1H3,(H,31,33)(H,32,34).